The fraction of sp³-hybridized carbons (Fsp3) is 0.389. The molecule has 0 amide bonds. The summed E-state index contributed by atoms with van der Waals surface area (Å²) in [4.78, 5) is 11.9. The molecule has 1 aromatic rings. The van der Waals surface area contributed by atoms with E-state index in [1.165, 1.54) is 22.3 Å². The minimum Gasteiger partial charge on any atom is -0.299 e. The number of allylic oxidation sites excluding steroid dienone is 3. The summed E-state index contributed by atoms with van der Waals surface area (Å²) < 4.78 is 0. The lowest BCUT2D eigenvalue weighted by Crippen LogP contribution is -2.21. The molecule has 0 saturated heterocycles. The summed E-state index contributed by atoms with van der Waals surface area (Å²) in [7, 11) is 0. The second-order valence-corrected chi connectivity index (χ2v) is 6.18. The number of ketones is 1. The Morgan fingerprint density at radius 3 is 2.53 bits per heavy atom. The molecule has 4 rings (SSSR count). The molecule has 0 heterocycles. The summed E-state index contributed by atoms with van der Waals surface area (Å²) in [5.74, 6) is 1.23. The van der Waals surface area contributed by atoms with Gasteiger partial charge in [0.1, 0.15) is 5.78 Å². The molecule has 0 N–H and O–H groups in total. The number of hydrogen-bond donors (Lipinski definition) is 0. The maximum Gasteiger partial charge on any atom is 0.139 e. The van der Waals surface area contributed by atoms with Crippen molar-refractivity contribution in [2.24, 2.45) is 11.8 Å². The smallest absolute Gasteiger partial charge is 0.139 e. The second-order valence-electron chi connectivity index (χ2n) is 6.18. The summed E-state index contributed by atoms with van der Waals surface area (Å²) in [6, 6.07) is 8.62. The Morgan fingerprint density at radius 1 is 1.05 bits per heavy atom. The molecule has 1 nitrogen and oxygen atoms in total. The number of benzene rings is 1. The Hall–Kier alpha value is -1.63. The fourth-order valence-electron chi connectivity index (χ4n) is 3.92. The number of rotatable bonds is 1. The minimum absolute atomic E-state index is 0.342. The molecule has 96 valence electrons. The van der Waals surface area contributed by atoms with Crippen molar-refractivity contribution in [2.45, 2.75) is 32.1 Å². The first-order valence-corrected chi connectivity index (χ1v) is 7.31. The number of hydrogen-bond acceptors (Lipinski definition) is 1. The van der Waals surface area contributed by atoms with Crippen molar-refractivity contribution in [2.75, 3.05) is 0 Å². The van der Waals surface area contributed by atoms with Crippen LogP contribution in [0.4, 0.5) is 0 Å². The van der Waals surface area contributed by atoms with Crippen LogP contribution in [0.3, 0.4) is 0 Å². The van der Waals surface area contributed by atoms with Gasteiger partial charge in [0.25, 0.3) is 0 Å². The zero-order chi connectivity index (χ0) is 12.8. The van der Waals surface area contributed by atoms with Crippen LogP contribution in [0.15, 0.2) is 41.5 Å². The average Bonchev–Trinajstić information content (AvgIpc) is 2.87. The second kappa shape index (κ2) is 4.19. The monoisotopic (exact) mass is 250 g/mol. The van der Waals surface area contributed by atoms with Crippen LogP contribution in [0.2, 0.25) is 0 Å². The molecule has 0 unspecified atom stereocenters. The summed E-state index contributed by atoms with van der Waals surface area (Å²) in [6.45, 7) is 0. The summed E-state index contributed by atoms with van der Waals surface area (Å²) in [5, 5.41) is 0. The van der Waals surface area contributed by atoms with Gasteiger partial charge in [0.15, 0.2) is 0 Å². The Bertz CT molecular complexity index is 588. The first-order chi connectivity index (χ1) is 9.29. The van der Waals surface area contributed by atoms with Crippen LogP contribution >= 0.6 is 0 Å². The fourth-order valence-corrected chi connectivity index (χ4v) is 3.92. The molecule has 19 heavy (non-hydrogen) atoms. The van der Waals surface area contributed by atoms with Crippen LogP contribution in [-0.4, -0.2) is 5.78 Å². The van der Waals surface area contributed by atoms with Gasteiger partial charge in [-0.25, -0.2) is 0 Å². The van der Waals surface area contributed by atoms with Crippen molar-refractivity contribution in [3.05, 3.63) is 52.6 Å². The van der Waals surface area contributed by atoms with Crippen molar-refractivity contribution in [3.8, 4) is 0 Å². The quantitative estimate of drug-likeness (QED) is 0.737. The third kappa shape index (κ3) is 1.88. The van der Waals surface area contributed by atoms with E-state index in [0.717, 1.165) is 32.1 Å². The number of fused-ring (bicyclic) bond motifs is 3. The molecule has 3 aliphatic rings. The van der Waals surface area contributed by atoms with Crippen LogP contribution in [0.1, 0.15) is 36.8 Å². The molecule has 0 radical (unpaired) electrons. The lowest BCUT2D eigenvalue weighted by Gasteiger charge is -2.20. The largest absolute Gasteiger partial charge is 0.299 e. The predicted octanol–water partition coefficient (Wildman–Crippen LogP) is 3.94. The molecule has 0 aromatic heterocycles. The number of Topliss-reactive ketones (excluding diaryl/α,β-unsaturated/α-hetero) is 1. The molecule has 1 aromatic carbocycles. The van der Waals surface area contributed by atoms with E-state index in [1.54, 1.807) is 0 Å². The molecule has 2 fully saturated rings. The molecule has 0 aliphatic heterocycles. The van der Waals surface area contributed by atoms with Gasteiger partial charge in [0, 0.05) is 11.8 Å². The van der Waals surface area contributed by atoms with Crippen LogP contribution in [0.5, 0.6) is 0 Å². The Labute approximate surface area is 114 Å². The standard InChI is InChI=1S/C18H18O/c19-18-16-5-6-17(18)11-13(10-16)7-12-8-14-3-1-2-4-15(14)9-12/h1-4,7-8,16-17H,5-6,9-11H2/t16-,17+. The normalized spacial score (nSPS) is 30.6. The minimum atomic E-state index is 0.342. The van der Waals surface area contributed by atoms with Crippen LogP contribution < -0.4 is 0 Å². The lowest BCUT2D eigenvalue weighted by atomic mass is 9.83. The molecular formula is C18H18O. The Kier molecular flexibility index (Phi) is 2.48. The van der Waals surface area contributed by atoms with Crippen molar-refractivity contribution < 1.29 is 4.79 Å². The SMILES string of the molecule is O=C1[C@@H]2CC[C@H]1CC(=CC1=Cc3ccccc3C1)C2. The van der Waals surface area contributed by atoms with Crippen LogP contribution in [-0.2, 0) is 11.2 Å². The topological polar surface area (TPSA) is 17.1 Å². The van der Waals surface area contributed by atoms with Gasteiger partial charge in [-0.1, -0.05) is 42.0 Å². The van der Waals surface area contributed by atoms with Crippen molar-refractivity contribution in [1.29, 1.82) is 0 Å². The van der Waals surface area contributed by atoms with E-state index in [-0.39, 0.29) is 0 Å². The van der Waals surface area contributed by atoms with Gasteiger partial charge in [0.2, 0.25) is 0 Å². The first-order valence-electron chi connectivity index (χ1n) is 7.31. The lowest BCUT2D eigenvalue weighted by molar-refractivity contribution is -0.124. The molecule has 2 saturated carbocycles. The molecule has 0 spiro atoms. The van der Waals surface area contributed by atoms with Gasteiger partial charge in [-0.05, 0) is 48.8 Å². The maximum absolute atomic E-state index is 11.9. The maximum atomic E-state index is 11.9. The van der Waals surface area contributed by atoms with Crippen molar-refractivity contribution in [1.82, 2.24) is 0 Å². The van der Waals surface area contributed by atoms with E-state index in [4.69, 9.17) is 0 Å². The van der Waals surface area contributed by atoms with Gasteiger partial charge in [-0.3, -0.25) is 4.79 Å². The molecular weight excluding hydrogens is 232 g/mol. The summed E-state index contributed by atoms with van der Waals surface area (Å²) in [6.07, 6.45) is 10.0. The average molecular weight is 250 g/mol. The highest BCUT2D eigenvalue weighted by atomic mass is 16.1. The number of carbonyl (C=O) groups excluding carboxylic acids is 1. The number of carbonyl (C=O) groups is 1. The van der Waals surface area contributed by atoms with Crippen LogP contribution in [0.25, 0.3) is 6.08 Å². The highest BCUT2D eigenvalue weighted by Gasteiger charge is 2.39. The molecule has 2 bridgehead atoms. The van der Waals surface area contributed by atoms with E-state index in [2.05, 4.69) is 36.4 Å². The molecule has 3 aliphatic carbocycles. The third-order valence-corrected chi connectivity index (χ3v) is 4.87. The van der Waals surface area contributed by atoms with E-state index >= 15 is 0 Å². The van der Waals surface area contributed by atoms with E-state index < -0.39 is 0 Å². The van der Waals surface area contributed by atoms with E-state index in [0.29, 0.717) is 17.6 Å². The van der Waals surface area contributed by atoms with Gasteiger partial charge >= 0.3 is 0 Å². The third-order valence-electron chi connectivity index (χ3n) is 4.87. The van der Waals surface area contributed by atoms with E-state index in [9.17, 15) is 4.79 Å². The molecule has 1 heteroatoms. The van der Waals surface area contributed by atoms with E-state index in [1.807, 2.05) is 0 Å². The highest BCUT2D eigenvalue weighted by Crippen LogP contribution is 2.42. The summed E-state index contributed by atoms with van der Waals surface area (Å²) in [5.41, 5.74) is 5.73. The van der Waals surface area contributed by atoms with Crippen molar-refractivity contribution in [3.63, 3.8) is 0 Å². The molecule has 2 atom stereocenters. The Morgan fingerprint density at radius 2 is 1.79 bits per heavy atom. The highest BCUT2D eigenvalue weighted by molar-refractivity contribution is 5.87. The van der Waals surface area contributed by atoms with Gasteiger partial charge in [-0.2, -0.15) is 0 Å². The zero-order valence-corrected chi connectivity index (χ0v) is 11.1. The van der Waals surface area contributed by atoms with Crippen molar-refractivity contribution >= 4 is 11.9 Å². The Balaban J connectivity index is 1.57. The first kappa shape index (κ1) is 11.2. The van der Waals surface area contributed by atoms with Gasteiger partial charge in [0.05, 0.1) is 0 Å². The van der Waals surface area contributed by atoms with Gasteiger partial charge < -0.3 is 0 Å². The predicted molar refractivity (Wildman–Crippen MR) is 76.7 cm³/mol. The zero-order valence-electron chi connectivity index (χ0n) is 11.1. The summed E-state index contributed by atoms with van der Waals surface area (Å²) >= 11 is 0. The van der Waals surface area contributed by atoms with Crippen LogP contribution in [0, 0.1) is 11.8 Å². The van der Waals surface area contributed by atoms with Gasteiger partial charge in [-0.15, -0.1) is 0 Å².